The highest BCUT2D eigenvalue weighted by atomic mass is 32.2. The zero-order valence-electron chi connectivity index (χ0n) is 8.12. The molecule has 0 spiro atoms. The summed E-state index contributed by atoms with van der Waals surface area (Å²) in [7, 11) is 0. The van der Waals surface area contributed by atoms with Crippen LogP contribution in [0.1, 0.15) is 32.1 Å². The van der Waals surface area contributed by atoms with Gasteiger partial charge in [0.1, 0.15) is 0 Å². The van der Waals surface area contributed by atoms with Crippen molar-refractivity contribution in [2.24, 2.45) is 5.73 Å². The van der Waals surface area contributed by atoms with Gasteiger partial charge in [0.25, 0.3) is 5.24 Å². The molecule has 0 unspecified atom stereocenters. The molecule has 2 fully saturated rings. The smallest absolute Gasteiger partial charge is 0.286 e. The van der Waals surface area contributed by atoms with E-state index in [9.17, 15) is 9.59 Å². The largest absolute Gasteiger partial charge is 0.328 e. The lowest BCUT2D eigenvalue weighted by Gasteiger charge is -2.15. The molecule has 0 aromatic carbocycles. The fourth-order valence-corrected chi connectivity index (χ4v) is 1.97. The molecule has 2 amide bonds. The van der Waals surface area contributed by atoms with Crippen LogP contribution >= 0.6 is 11.8 Å². The van der Waals surface area contributed by atoms with Gasteiger partial charge in [-0.1, -0.05) is 31.0 Å². The van der Waals surface area contributed by atoms with Crippen LogP contribution in [0.4, 0.5) is 4.79 Å². The van der Waals surface area contributed by atoms with E-state index in [1.807, 2.05) is 0 Å². The molecule has 1 saturated heterocycles. The van der Waals surface area contributed by atoms with Gasteiger partial charge in [0.15, 0.2) is 0 Å². The zero-order chi connectivity index (χ0) is 10.4. The van der Waals surface area contributed by atoms with Gasteiger partial charge in [-0.05, 0) is 12.8 Å². The lowest BCUT2D eigenvalue weighted by Crippen LogP contribution is -2.22. The predicted octanol–water partition coefficient (Wildman–Crippen LogP) is 1.25. The van der Waals surface area contributed by atoms with E-state index < -0.39 is 0 Å². The first-order valence-corrected chi connectivity index (χ1v) is 5.89. The minimum absolute atomic E-state index is 0.185. The van der Waals surface area contributed by atoms with Crippen molar-refractivity contribution in [2.45, 2.75) is 38.1 Å². The van der Waals surface area contributed by atoms with E-state index in [0.717, 1.165) is 11.8 Å². The SMILES string of the molecule is NC1CCCCC1.O=C1CSC(=O)N1. The maximum Gasteiger partial charge on any atom is 0.286 e. The minimum atomic E-state index is -0.231. The monoisotopic (exact) mass is 216 g/mol. The second-order valence-corrected chi connectivity index (χ2v) is 4.47. The van der Waals surface area contributed by atoms with Crippen molar-refractivity contribution in [3.05, 3.63) is 0 Å². The summed E-state index contributed by atoms with van der Waals surface area (Å²) in [6.07, 6.45) is 6.66. The summed E-state index contributed by atoms with van der Waals surface area (Å²) in [6, 6.07) is 0.536. The highest BCUT2D eigenvalue weighted by Gasteiger charge is 2.16. The van der Waals surface area contributed by atoms with Gasteiger partial charge < -0.3 is 5.73 Å². The van der Waals surface area contributed by atoms with Crippen LogP contribution in [-0.4, -0.2) is 22.9 Å². The van der Waals surface area contributed by atoms with Crippen molar-refractivity contribution in [3.63, 3.8) is 0 Å². The van der Waals surface area contributed by atoms with E-state index in [-0.39, 0.29) is 11.1 Å². The maximum atomic E-state index is 10.1. The Balaban J connectivity index is 0.000000140. The Morgan fingerprint density at radius 3 is 2.07 bits per heavy atom. The first-order valence-electron chi connectivity index (χ1n) is 4.90. The van der Waals surface area contributed by atoms with Gasteiger partial charge in [-0.3, -0.25) is 14.9 Å². The highest BCUT2D eigenvalue weighted by Crippen LogP contribution is 2.14. The quantitative estimate of drug-likeness (QED) is 0.639. The van der Waals surface area contributed by atoms with Crippen LogP contribution in [0.5, 0.6) is 0 Å². The fourth-order valence-electron chi connectivity index (χ4n) is 1.45. The second-order valence-electron chi connectivity index (χ2n) is 3.52. The third kappa shape index (κ3) is 4.62. The number of carbonyl (C=O) groups excluding carboxylic acids is 2. The third-order valence-electron chi connectivity index (χ3n) is 2.23. The topological polar surface area (TPSA) is 72.2 Å². The molecular weight excluding hydrogens is 200 g/mol. The number of nitrogens with one attached hydrogen (secondary N) is 1. The Labute approximate surface area is 88.0 Å². The van der Waals surface area contributed by atoms with Crippen LogP contribution in [0.15, 0.2) is 0 Å². The number of rotatable bonds is 0. The average Bonchev–Trinajstić information content (AvgIpc) is 2.52. The summed E-state index contributed by atoms with van der Waals surface area (Å²) < 4.78 is 0. The van der Waals surface area contributed by atoms with Crippen LogP contribution in [-0.2, 0) is 4.79 Å². The van der Waals surface area contributed by atoms with Crippen molar-refractivity contribution < 1.29 is 9.59 Å². The molecule has 1 saturated carbocycles. The fraction of sp³-hybridized carbons (Fsp3) is 0.778. The minimum Gasteiger partial charge on any atom is -0.328 e. The molecule has 0 aromatic heterocycles. The molecule has 0 radical (unpaired) electrons. The molecule has 1 heterocycles. The number of hydrogen-bond acceptors (Lipinski definition) is 4. The number of carbonyl (C=O) groups is 2. The van der Waals surface area contributed by atoms with Crippen molar-refractivity contribution in [3.8, 4) is 0 Å². The lowest BCUT2D eigenvalue weighted by molar-refractivity contribution is -0.117. The molecule has 14 heavy (non-hydrogen) atoms. The average molecular weight is 216 g/mol. The number of amides is 2. The van der Waals surface area contributed by atoms with E-state index in [2.05, 4.69) is 5.32 Å². The summed E-state index contributed by atoms with van der Waals surface area (Å²) in [5, 5.41) is 1.87. The van der Waals surface area contributed by atoms with Crippen LogP contribution in [0.3, 0.4) is 0 Å². The Morgan fingerprint density at radius 1 is 1.21 bits per heavy atom. The molecule has 1 aliphatic carbocycles. The van der Waals surface area contributed by atoms with Gasteiger partial charge in [0, 0.05) is 6.04 Å². The molecule has 3 N–H and O–H groups in total. The van der Waals surface area contributed by atoms with Gasteiger partial charge in [-0.15, -0.1) is 0 Å². The van der Waals surface area contributed by atoms with E-state index in [0.29, 0.717) is 11.8 Å². The molecule has 2 rings (SSSR count). The first-order chi connectivity index (χ1) is 6.68. The van der Waals surface area contributed by atoms with Gasteiger partial charge in [-0.2, -0.15) is 0 Å². The van der Waals surface area contributed by atoms with Crippen LogP contribution in [0.25, 0.3) is 0 Å². The van der Waals surface area contributed by atoms with Gasteiger partial charge in [0.2, 0.25) is 5.91 Å². The standard InChI is InChI=1S/C6H13N.C3H3NO2S/c7-6-4-2-1-3-5-6;5-2-1-7-3(6)4-2/h6H,1-5,7H2;1H2,(H,4,5,6). The van der Waals surface area contributed by atoms with E-state index in [1.165, 1.54) is 32.1 Å². The Kier molecular flexibility index (Phi) is 4.97. The first kappa shape index (κ1) is 11.5. The molecule has 2 aliphatic rings. The van der Waals surface area contributed by atoms with Crippen LogP contribution < -0.4 is 11.1 Å². The molecular formula is C9H16N2O2S. The summed E-state index contributed by atoms with van der Waals surface area (Å²) in [4.78, 5) is 20.2. The van der Waals surface area contributed by atoms with E-state index in [1.54, 1.807) is 0 Å². The third-order valence-corrected chi connectivity index (χ3v) is 3.00. The van der Waals surface area contributed by atoms with Gasteiger partial charge in [0.05, 0.1) is 5.75 Å². The Morgan fingerprint density at radius 2 is 1.86 bits per heavy atom. The highest BCUT2D eigenvalue weighted by molar-refractivity contribution is 8.14. The number of imide groups is 1. The second kappa shape index (κ2) is 6.03. The van der Waals surface area contributed by atoms with Crippen molar-refractivity contribution >= 4 is 22.9 Å². The van der Waals surface area contributed by atoms with Crippen molar-refractivity contribution in [1.29, 1.82) is 0 Å². The Hall–Kier alpha value is -0.550. The van der Waals surface area contributed by atoms with Gasteiger partial charge in [-0.25, -0.2) is 0 Å². The summed E-state index contributed by atoms with van der Waals surface area (Å²) >= 11 is 1.01. The molecule has 4 nitrogen and oxygen atoms in total. The molecule has 80 valence electrons. The Bertz CT molecular complexity index is 201. The molecule has 5 heteroatoms. The van der Waals surface area contributed by atoms with E-state index >= 15 is 0 Å². The summed E-state index contributed by atoms with van der Waals surface area (Å²) in [5.74, 6) is 0.105. The van der Waals surface area contributed by atoms with Gasteiger partial charge >= 0.3 is 0 Å². The van der Waals surface area contributed by atoms with Crippen LogP contribution in [0.2, 0.25) is 0 Å². The maximum absolute atomic E-state index is 10.1. The van der Waals surface area contributed by atoms with Crippen molar-refractivity contribution in [2.75, 3.05) is 5.75 Å². The molecule has 1 aliphatic heterocycles. The number of thioether (sulfide) groups is 1. The van der Waals surface area contributed by atoms with E-state index in [4.69, 9.17) is 5.73 Å². The lowest BCUT2D eigenvalue weighted by atomic mass is 9.97. The predicted molar refractivity (Wildman–Crippen MR) is 57.1 cm³/mol. The molecule has 0 atom stereocenters. The van der Waals surface area contributed by atoms with Crippen molar-refractivity contribution in [1.82, 2.24) is 5.32 Å². The number of nitrogens with two attached hydrogens (primary N) is 1. The summed E-state index contributed by atoms with van der Waals surface area (Å²) in [5.41, 5.74) is 5.63. The molecule has 0 aromatic rings. The zero-order valence-corrected chi connectivity index (χ0v) is 8.94. The normalized spacial score (nSPS) is 22.6. The summed E-state index contributed by atoms with van der Waals surface area (Å²) in [6.45, 7) is 0. The number of hydrogen-bond donors (Lipinski definition) is 2. The van der Waals surface area contributed by atoms with Crippen LogP contribution in [0, 0.1) is 0 Å². The molecule has 0 bridgehead atoms.